The van der Waals surface area contributed by atoms with Crippen LogP contribution in [-0.2, 0) is 24.8 Å². The maximum absolute atomic E-state index is 13.4. The van der Waals surface area contributed by atoms with Crippen LogP contribution in [0.3, 0.4) is 0 Å². The predicted octanol–water partition coefficient (Wildman–Crippen LogP) is 4.01. The molecule has 0 radical (unpaired) electrons. The van der Waals surface area contributed by atoms with Crippen molar-refractivity contribution in [3.63, 3.8) is 0 Å². The summed E-state index contributed by atoms with van der Waals surface area (Å²) in [5.74, 6) is -0.220. The Hall–Kier alpha value is -3.41. The van der Waals surface area contributed by atoms with Gasteiger partial charge in [0.05, 0.1) is 0 Å². The third-order valence-electron chi connectivity index (χ3n) is 7.52. The van der Waals surface area contributed by atoms with E-state index in [0.717, 1.165) is 37.7 Å². The van der Waals surface area contributed by atoms with Gasteiger partial charge < -0.3 is 14.6 Å². The van der Waals surface area contributed by atoms with Crippen LogP contribution in [0.5, 0.6) is 5.75 Å². The fourth-order valence-corrected chi connectivity index (χ4v) is 5.67. The number of fused-ring (bicyclic) bond motifs is 1. The fraction of sp³-hybridized carbons (Fsp3) is 0.393. The second-order valence-corrected chi connectivity index (χ2v) is 9.74. The molecular formula is C28H31N3O3. The lowest BCUT2D eigenvalue weighted by Crippen LogP contribution is -2.44. The second-order valence-electron chi connectivity index (χ2n) is 9.74. The topological polar surface area (TPSA) is 75.4 Å². The van der Waals surface area contributed by atoms with E-state index in [1.54, 1.807) is 9.47 Å². The number of carbonyl (C=O) groups is 1. The Morgan fingerprint density at radius 1 is 1.00 bits per heavy atom. The highest BCUT2D eigenvalue weighted by Crippen LogP contribution is 2.44. The van der Waals surface area contributed by atoms with Gasteiger partial charge in [0.1, 0.15) is 5.82 Å². The molecule has 6 heteroatoms. The molecule has 176 valence electrons. The van der Waals surface area contributed by atoms with Crippen LogP contribution >= 0.6 is 0 Å². The van der Waals surface area contributed by atoms with Crippen molar-refractivity contribution < 1.29 is 9.90 Å². The van der Waals surface area contributed by atoms with Gasteiger partial charge in [0.25, 0.3) is 5.91 Å². The molecule has 1 aromatic heterocycles. The molecule has 0 atom stereocenters. The molecule has 0 spiro atoms. The molecule has 0 saturated heterocycles. The molecule has 5 rings (SSSR count). The van der Waals surface area contributed by atoms with Crippen LogP contribution in [-0.4, -0.2) is 38.6 Å². The number of aryl methyl sites for hydroxylation is 1. The van der Waals surface area contributed by atoms with E-state index in [1.165, 1.54) is 11.1 Å². The lowest BCUT2D eigenvalue weighted by molar-refractivity contribution is 0.0694. The van der Waals surface area contributed by atoms with Crippen LogP contribution in [0.2, 0.25) is 0 Å². The Balaban J connectivity index is 1.47. The quantitative estimate of drug-likeness (QED) is 0.607. The normalized spacial score (nSPS) is 17.1. The summed E-state index contributed by atoms with van der Waals surface area (Å²) in [6, 6.07) is 18.6. The summed E-state index contributed by atoms with van der Waals surface area (Å²) < 4.78 is 1.80. The monoisotopic (exact) mass is 457 g/mol. The van der Waals surface area contributed by atoms with Gasteiger partial charge in [0.2, 0.25) is 5.75 Å². The van der Waals surface area contributed by atoms with E-state index in [1.807, 2.05) is 30.3 Å². The van der Waals surface area contributed by atoms with Crippen LogP contribution < -0.4 is 5.56 Å². The van der Waals surface area contributed by atoms with Gasteiger partial charge in [-0.2, -0.15) is 4.98 Å². The van der Waals surface area contributed by atoms with Crippen molar-refractivity contribution in [2.45, 2.75) is 57.4 Å². The van der Waals surface area contributed by atoms with Crippen LogP contribution in [0.1, 0.15) is 58.7 Å². The molecule has 1 aliphatic carbocycles. The minimum Gasteiger partial charge on any atom is -0.501 e. The first-order valence-electron chi connectivity index (χ1n) is 12.2. The lowest BCUT2D eigenvalue weighted by atomic mass is 9.75. The van der Waals surface area contributed by atoms with Crippen molar-refractivity contribution >= 4 is 5.91 Å². The van der Waals surface area contributed by atoms with E-state index in [2.05, 4.69) is 36.2 Å². The average molecular weight is 458 g/mol. The minimum atomic E-state index is -0.711. The zero-order valence-corrected chi connectivity index (χ0v) is 19.7. The SMILES string of the molecule is Cc1cccc(C2(Cc3nc(=O)c(O)c4n3CCN(CCc3ccccc3)C4=O)CCCC2)c1. The van der Waals surface area contributed by atoms with Gasteiger partial charge in [-0.25, -0.2) is 0 Å². The molecule has 1 amide bonds. The number of benzene rings is 2. The molecule has 0 bridgehead atoms. The zero-order chi connectivity index (χ0) is 23.7. The number of rotatable bonds is 6. The first-order chi connectivity index (χ1) is 16.5. The number of aromatic hydroxyl groups is 1. The van der Waals surface area contributed by atoms with Crippen molar-refractivity contribution in [1.82, 2.24) is 14.5 Å². The Labute approximate surface area is 199 Å². The Bertz CT molecular complexity index is 1260. The number of nitrogens with zero attached hydrogens (tertiary/aromatic N) is 3. The van der Waals surface area contributed by atoms with Crippen LogP contribution in [0.15, 0.2) is 59.4 Å². The minimum absolute atomic E-state index is 0.0895. The number of aromatic nitrogens is 2. The third-order valence-corrected chi connectivity index (χ3v) is 7.52. The smallest absolute Gasteiger partial charge is 0.315 e. The highest BCUT2D eigenvalue weighted by molar-refractivity contribution is 5.95. The molecule has 1 N–H and O–H groups in total. The Morgan fingerprint density at radius 2 is 1.76 bits per heavy atom. The summed E-state index contributed by atoms with van der Waals surface area (Å²) in [4.78, 5) is 32.1. The Morgan fingerprint density at radius 3 is 2.50 bits per heavy atom. The van der Waals surface area contributed by atoms with E-state index >= 15 is 0 Å². The van der Waals surface area contributed by atoms with Gasteiger partial charge >= 0.3 is 5.56 Å². The predicted molar refractivity (Wildman–Crippen MR) is 131 cm³/mol. The number of hydrogen-bond acceptors (Lipinski definition) is 4. The molecule has 34 heavy (non-hydrogen) atoms. The molecule has 6 nitrogen and oxygen atoms in total. The van der Waals surface area contributed by atoms with E-state index in [0.29, 0.717) is 31.9 Å². The first kappa shape index (κ1) is 22.4. The molecule has 0 unspecified atom stereocenters. The third kappa shape index (κ3) is 4.13. The summed E-state index contributed by atoms with van der Waals surface area (Å²) in [7, 11) is 0. The van der Waals surface area contributed by atoms with Gasteiger partial charge in [-0.3, -0.25) is 9.59 Å². The molecule has 3 aromatic rings. The van der Waals surface area contributed by atoms with Crippen LogP contribution in [0, 0.1) is 6.92 Å². The van der Waals surface area contributed by atoms with Gasteiger partial charge in [-0.1, -0.05) is 73.0 Å². The standard InChI is InChI=1S/C28H31N3O3/c1-20-8-7-11-22(18-20)28(13-5-6-14-28)19-23-29-26(33)25(32)24-27(34)30(16-17-31(23)24)15-12-21-9-3-2-4-10-21/h2-4,7-11,18,32H,5-6,12-17,19H2,1H3. The Kier molecular flexibility index (Phi) is 5.98. The van der Waals surface area contributed by atoms with Crippen molar-refractivity contribution in [2.75, 3.05) is 13.1 Å². The highest BCUT2D eigenvalue weighted by atomic mass is 16.3. The summed E-state index contributed by atoms with van der Waals surface area (Å²) in [5, 5.41) is 10.6. The number of carbonyl (C=O) groups excluding carboxylic acids is 1. The van der Waals surface area contributed by atoms with Crippen molar-refractivity contribution in [1.29, 1.82) is 0 Å². The van der Waals surface area contributed by atoms with E-state index < -0.39 is 11.3 Å². The van der Waals surface area contributed by atoms with Crippen molar-refractivity contribution in [2.24, 2.45) is 0 Å². The maximum Gasteiger partial charge on any atom is 0.315 e. The van der Waals surface area contributed by atoms with Crippen molar-refractivity contribution in [3.8, 4) is 5.75 Å². The van der Waals surface area contributed by atoms with Gasteiger partial charge in [-0.05, 0) is 37.3 Å². The van der Waals surface area contributed by atoms with E-state index in [9.17, 15) is 14.7 Å². The molecular weight excluding hydrogens is 426 g/mol. The molecule has 2 aromatic carbocycles. The summed E-state index contributed by atoms with van der Waals surface area (Å²) in [6.45, 7) is 3.70. The maximum atomic E-state index is 13.4. The number of hydrogen-bond donors (Lipinski definition) is 1. The van der Waals surface area contributed by atoms with Gasteiger partial charge in [-0.15, -0.1) is 0 Å². The summed E-state index contributed by atoms with van der Waals surface area (Å²) in [5.41, 5.74) is 2.92. The summed E-state index contributed by atoms with van der Waals surface area (Å²) >= 11 is 0. The fourth-order valence-electron chi connectivity index (χ4n) is 5.67. The average Bonchev–Trinajstić information content (AvgIpc) is 3.32. The molecule has 1 aliphatic heterocycles. The first-order valence-corrected chi connectivity index (χ1v) is 12.2. The number of amides is 1. The highest BCUT2D eigenvalue weighted by Gasteiger charge is 2.39. The van der Waals surface area contributed by atoms with Crippen LogP contribution in [0.4, 0.5) is 0 Å². The largest absolute Gasteiger partial charge is 0.501 e. The van der Waals surface area contributed by atoms with Crippen LogP contribution in [0.25, 0.3) is 0 Å². The van der Waals surface area contributed by atoms with Gasteiger partial charge in [0.15, 0.2) is 5.69 Å². The van der Waals surface area contributed by atoms with E-state index in [4.69, 9.17) is 0 Å². The lowest BCUT2D eigenvalue weighted by Gasteiger charge is -2.34. The molecule has 1 fully saturated rings. The second kappa shape index (κ2) is 9.09. The van der Waals surface area contributed by atoms with Crippen molar-refractivity contribution in [3.05, 3.63) is 93.2 Å². The van der Waals surface area contributed by atoms with E-state index in [-0.39, 0.29) is 17.0 Å². The molecule has 2 aliphatic rings. The van der Waals surface area contributed by atoms with Gasteiger partial charge in [0, 0.05) is 31.5 Å². The molecule has 2 heterocycles. The molecule has 1 saturated carbocycles. The summed E-state index contributed by atoms with van der Waals surface area (Å²) in [6.07, 6.45) is 5.65. The zero-order valence-electron chi connectivity index (χ0n) is 19.7.